The Kier molecular flexibility index (Phi) is 4.59. The van der Waals surface area contributed by atoms with Crippen LogP contribution in [0.2, 0.25) is 0 Å². The van der Waals surface area contributed by atoms with Crippen LogP contribution >= 0.6 is 0 Å². The third-order valence-corrected chi connectivity index (χ3v) is 3.09. The normalized spacial score (nSPS) is 18.9. The van der Waals surface area contributed by atoms with Crippen molar-refractivity contribution in [1.29, 1.82) is 0 Å². The molecule has 0 spiro atoms. The van der Waals surface area contributed by atoms with Gasteiger partial charge in [-0.3, -0.25) is 10.1 Å². The molecular formula is C15H18N2O4. The van der Waals surface area contributed by atoms with Gasteiger partial charge in [-0.25, -0.2) is 4.79 Å². The first-order valence-electron chi connectivity index (χ1n) is 6.65. The summed E-state index contributed by atoms with van der Waals surface area (Å²) in [5, 5.41) is 4.78. The first-order valence-corrected chi connectivity index (χ1v) is 6.65. The van der Waals surface area contributed by atoms with Gasteiger partial charge in [-0.15, -0.1) is 0 Å². The highest BCUT2D eigenvalue weighted by Crippen LogP contribution is 2.26. The Morgan fingerprint density at radius 3 is 2.43 bits per heavy atom. The van der Waals surface area contributed by atoms with Crippen molar-refractivity contribution in [3.63, 3.8) is 0 Å². The van der Waals surface area contributed by atoms with Gasteiger partial charge in [0.15, 0.2) is 12.0 Å². The van der Waals surface area contributed by atoms with Gasteiger partial charge in [-0.05, 0) is 19.4 Å². The summed E-state index contributed by atoms with van der Waals surface area (Å²) in [4.78, 5) is 23.8. The van der Waals surface area contributed by atoms with E-state index < -0.39 is 18.2 Å². The number of amides is 3. The summed E-state index contributed by atoms with van der Waals surface area (Å²) in [7, 11) is 1.46. The number of urea groups is 1. The number of nitrogens with one attached hydrogen (secondary N) is 2. The summed E-state index contributed by atoms with van der Waals surface area (Å²) >= 11 is 0. The maximum absolute atomic E-state index is 12.1. The third-order valence-electron chi connectivity index (χ3n) is 3.09. The van der Waals surface area contributed by atoms with Crippen molar-refractivity contribution in [2.45, 2.75) is 20.1 Å². The summed E-state index contributed by atoms with van der Waals surface area (Å²) in [5.74, 6) is -0.490. The van der Waals surface area contributed by atoms with Gasteiger partial charge in [0.1, 0.15) is 0 Å². The summed E-state index contributed by atoms with van der Waals surface area (Å²) in [6.45, 7) is 4.05. The Labute approximate surface area is 123 Å². The fraction of sp³-hybridized carbons (Fsp3) is 0.333. The zero-order chi connectivity index (χ0) is 15.4. The van der Waals surface area contributed by atoms with E-state index in [0.717, 1.165) is 11.1 Å². The Morgan fingerprint density at radius 2 is 1.86 bits per heavy atom. The van der Waals surface area contributed by atoms with E-state index in [1.165, 1.54) is 7.11 Å². The number of methoxy groups -OCH3 is 1. The van der Waals surface area contributed by atoms with Crippen molar-refractivity contribution >= 4 is 17.5 Å². The molecule has 0 bridgehead atoms. The van der Waals surface area contributed by atoms with Crippen LogP contribution in [0, 0.1) is 6.92 Å². The van der Waals surface area contributed by atoms with Gasteiger partial charge in [-0.1, -0.05) is 29.8 Å². The lowest BCUT2D eigenvalue weighted by Gasteiger charge is -2.19. The molecule has 0 saturated heterocycles. The first-order chi connectivity index (χ1) is 10.1. The third kappa shape index (κ3) is 3.22. The number of hydrogen-bond acceptors (Lipinski definition) is 4. The van der Waals surface area contributed by atoms with Crippen molar-refractivity contribution in [3.05, 3.63) is 41.2 Å². The van der Waals surface area contributed by atoms with Crippen LogP contribution < -0.4 is 10.6 Å². The van der Waals surface area contributed by atoms with Crippen LogP contribution in [-0.4, -0.2) is 31.9 Å². The molecular weight excluding hydrogens is 272 g/mol. The van der Waals surface area contributed by atoms with E-state index in [1.54, 1.807) is 6.92 Å². The smallest absolute Gasteiger partial charge is 0.324 e. The molecule has 0 unspecified atom stereocenters. The Hall–Kier alpha value is -2.34. The van der Waals surface area contributed by atoms with Gasteiger partial charge in [0.05, 0.1) is 12.2 Å². The van der Waals surface area contributed by atoms with E-state index in [2.05, 4.69) is 10.6 Å². The van der Waals surface area contributed by atoms with E-state index in [-0.39, 0.29) is 5.76 Å². The predicted molar refractivity (Wildman–Crippen MR) is 77.2 cm³/mol. The second-order valence-corrected chi connectivity index (χ2v) is 4.59. The van der Waals surface area contributed by atoms with Crippen molar-refractivity contribution in [2.75, 3.05) is 13.7 Å². The van der Waals surface area contributed by atoms with E-state index in [4.69, 9.17) is 9.47 Å². The molecule has 112 valence electrons. The van der Waals surface area contributed by atoms with Crippen LogP contribution in [0.3, 0.4) is 0 Å². The molecule has 1 heterocycles. The molecule has 1 aliphatic heterocycles. The second kappa shape index (κ2) is 6.41. The summed E-state index contributed by atoms with van der Waals surface area (Å²) in [6, 6.07) is 6.94. The summed E-state index contributed by atoms with van der Waals surface area (Å²) in [5.41, 5.74) is 2.35. The molecule has 6 nitrogen and oxygen atoms in total. The van der Waals surface area contributed by atoms with Gasteiger partial charge >= 0.3 is 6.03 Å². The Balaban J connectivity index is 2.58. The first kappa shape index (κ1) is 15.1. The standard InChI is InChI=1S/C15H18N2O4/c1-4-21-12-11(10-7-5-9(2)6-8-10)14(20-3)17-15(19)16-13(12)18/h5-8,14H,4H2,1-3H3,(H2,16,17,18,19)/t14-/m0/s1. The molecule has 2 rings (SSSR count). The minimum Gasteiger partial charge on any atom is -0.488 e. The van der Waals surface area contributed by atoms with Gasteiger partial charge < -0.3 is 14.8 Å². The molecule has 1 atom stereocenters. The van der Waals surface area contributed by atoms with Crippen molar-refractivity contribution < 1.29 is 19.1 Å². The number of rotatable bonds is 4. The minimum absolute atomic E-state index is 0.0894. The highest BCUT2D eigenvalue weighted by atomic mass is 16.5. The molecule has 2 N–H and O–H groups in total. The van der Waals surface area contributed by atoms with Crippen LogP contribution in [0.15, 0.2) is 30.0 Å². The molecule has 0 radical (unpaired) electrons. The topological polar surface area (TPSA) is 76.7 Å². The zero-order valence-electron chi connectivity index (χ0n) is 12.2. The molecule has 0 fully saturated rings. The lowest BCUT2D eigenvalue weighted by Crippen LogP contribution is -2.42. The van der Waals surface area contributed by atoms with Gasteiger partial charge in [0.25, 0.3) is 5.91 Å². The van der Waals surface area contributed by atoms with Gasteiger partial charge in [0.2, 0.25) is 0 Å². The lowest BCUT2D eigenvalue weighted by molar-refractivity contribution is -0.119. The fourth-order valence-electron chi connectivity index (χ4n) is 2.11. The molecule has 0 aromatic heterocycles. The number of ether oxygens (including phenoxy) is 2. The van der Waals surface area contributed by atoms with Gasteiger partial charge in [-0.2, -0.15) is 0 Å². The average molecular weight is 290 g/mol. The highest BCUT2D eigenvalue weighted by molar-refractivity contribution is 6.09. The quantitative estimate of drug-likeness (QED) is 0.882. The lowest BCUT2D eigenvalue weighted by atomic mass is 10.0. The highest BCUT2D eigenvalue weighted by Gasteiger charge is 2.31. The number of carbonyl (C=O) groups is 2. The number of imide groups is 1. The van der Waals surface area contributed by atoms with E-state index in [0.29, 0.717) is 12.2 Å². The van der Waals surface area contributed by atoms with Crippen LogP contribution in [0.4, 0.5) is 4.79 Å². The molecule has 6 heteroatoms. The minimum atomic E-state index is -0.763. The number of hydrogen-bond donors (Lipinski definition) is 2. The largest absolute Gasteiger partial charge is 0.488 e. The molecule has 3 amide bonds. The second-order valence-electron chi connectivity index (χ2n) is 4.59. The summed E-state index contributed by atoms with van der Waals surface area (Å²) in [6.07, 6.45) is -0.763. The van der Waals surface area contributed by atoms with E-state index >= 15 is 0 Å². The SMILES string of the molecule is CCOC1=C(c2ccc(C)cc2)[C@H](OC)NC(=O)NC1=O. The van der Waals surface area contributed by atoms with Gasteiger partial charge in [0, 0.05) is 7.11 Å². The average Bonchev–Trinajstić information content (AvgIpc) is 2.57. The maximum atomic E-state index is 12.1. The number of carbonyl (C=O) groups excluding carboxylic acids is 2. The maximum Gasteiger partial charge on any atom is 0.324 e. The molecule has 21 heavy (non-hydrogen) atoms. The van der Waals surface area contributed by atoms with Crippen LogP contribution in [0.5, 0.6) is 0 Å². The molecule has 1 aromatic rings. The Morgan fingerprint density at radius 1 is 1.19 bits per heavy atom. The van der Waals surface area contributed by atoms with Crippen LogP contribution in [0.1, 0.15) is 18.1 Å². The molecule has 1 aromatic carbocycles. The van der Waals surface area contributed by atoms with Crippen molar-refractivity contribution in [3.8, 4) is 0 Å². The zero-order valence-corrected chi connectivity index (χ0v) is 12.2. The van der Waals surface area contributed by atoms with Crippen LogP contribution in [0.25, 0.3) is 5.57 Å². The number of aryl methyl sites for hydroxylation is 1. The summed E-state index contributed by atoms with van der Waals surface area (Å²) < 4.78 is 10.7. The molecule has 0 aliphatic carbocycles. The van der Waals surface area contributed by atoms with E-state index in [9.17, 15) is 9.59 Å². The Bertz CT molecular complexity index is 578. The van der Waals surface area contributed by atoms with Crippen molar-refractivity contribution in [1.82, 2.24) is 10.6 Å². The molecule has 1 aliphatic rings. The van der Waals surface area contributed by atoms with Crippen LogP contribution in [-0.2, 0) is 14.3 Å². The fourth-order valence-corrected chi connectivity index (χ4v) is 2.11. The number of benzene rings is 1. The monoisotopic (exact) mass is 290 g/mol. The molecule has 0 saturated carbocycles. The van der Waals surface area contributed by atoms with E-state index in [1.807, 2.05) is 31.2 Å². The van der Waals surface area contributed by atoms with Crippen molar-refractivity contribution in [2.24, 2.45) is 0 Å². The predicted octanol–water partition coefficient (Wildman–Crippen LogP) is 1.55.